The van der Waals surface area contributed by atoms with Crippen molar-refractivity contribution >= 4 is 29.9 Å². The molecule has 1 saturated heterocycles. The molecule has 0 unspecified atom stereocenters. The molecule has 5 heteroatoms. The second kappa shape index (κ2) is 12.4. The van der Waals surface area contributed by atoms with Gasteiger partial charge in [-0.1, -0.05) is 13.8 Å². The van der Waals surface area contributed by atoms with Gasteiger partial charge < -0.3 is 15.5 Å². The molecule has 2 N–H and O–H groups in total. The number of likely N-dealkylation sites (tertiary alicyclic amines) is 1. The lowest BCUT2D eigenvalue weighted by atomic mass is 10.0. The van der Waals surface area contributed by atoms with E-state index < -0.39 is 0 Å². The van der Waals surface area contributed by atoms with E-state index in [1.807, 2.05) is 0 Å². The van der Waals surface area contributed by atoms with Crippen molar-refractivity contribution in [3.63, 3.8) is 0 Å². The molecule has 0 radical (unpaired) electrons. The molecule has 1 aliphatic heterocycles. The van der Waals surface area contributed by atoms with Crippen molar-refractivity contribution in [2.24, 2.45) is 10.9 Å². The Bertz CT molecular complexity index is 297. The van der Waals surface area contributed by atoms with Crippen LogP contribution in [-0.2, 0) is 0 Å². The van der Waals surface area contributed by atoms with E-state index in [0.717, 1.165) is 25.0 Å². The summed E-state index contributed by atoms with van der Waals surface area (Å²) in [4.78, 5) is 7.27. The number of hydrogen-bond donors (Lipinski definition) is 2. The Morgan fingerprint density at radius 1 is 1.18 bits per heavy atom. The van der Waals surface area contributed by atoms with Crippen LogP contribution < -0.4 is 10.6 Å². The summed E-state index contributed by atoms with van der Waals surface area (Å²) in [6.07, 6.45) is 4.87. The molecule has 0 saturated carbocycles. The van der Waals surface area contributed by atoms with Gasteiger partial charge in [0, 0.05) is 38.3 Å². The molecule has 0 spiro atoms. The topological polar surface area (TPSA) is 39.7 Å². The van der Waals surface area contributed by atoms with Gasteiger partial charge in [-0.15, -0.1) is 24.0 Å². The van der Waals surface area contributed by atoms with Gasteiger partial charge in [-0.2, -0.15) is 0 Å². The van der Waals surface area contributed by atoms with Crippen LogP contribution in [-0.4, -0.2) is 49.1 Å². The van der Waals surface area contributed by atoms with Gasteiger partial charge in [-0.05, 0) is 52.4 Å². The van der Waals surface area contributed by atoms with Crippen LogP contribution in [0.4, 0.5) is 0 Å². The highest BCUT2D eigenvalue weighted by molar-refractivity contribution is 14.0. The molecule has 1 rings (SSSR count). The maximum absolute atomic E-state index is 4.71. The molecule has 0 aromatic carbocycles. The maximum atomic E-state index is 4.71. The maximum Gasteiger partial charge on any atom is 0.191 e. The van der Waals surface area contributed by atoms with Gasteiger partial charge in [0.05, 0.1) is 0 Å². The normalized spacial score (nSPS) is 17.7. The van der Waals surface area contributed by atoms with E-state index in [9.17, 15) is 0 Å². The number of guanidine groups is 1. The van der Waals surface area contributed by atoms with Crippen molar-refractivity contribution in [1.82, 2.24) is 15.5 Å². The van der Waals surface area contributed by atoms with Gasteiger partial charge in [0.2, 0.25) is 0 Å². The number of piperidine rings is 1. The van der Waals surface area contributed by atoms with E-state index in [1.54, 1.807) is 0 Å². The van der Waals surface area contributed by atoms with Gasteiger partial charge in [0.1, 0.15) is 0 Å². The molecular formula is C17H37IN4. The van der Waals surface area contributed by atoms with E-state index in [4.69, 9.17) is 4.99 Å². The largest absolute Gasteiger partial charge is 0.357 e. The van der Waals surface area contributed by atoms with Crippen LogP contribution in [0.5, 0.6) is 0 Å². The van der Waals surface area contributed by atoms with Crippen LogP contribution in [0.1, 0.15) is 60.3 Å². The van der Waals surface area contributed by atoms with Crippen molar-refractivity contribution in [3.05, 3.63) is 0 Å². The van der Waals surface area contributed by atoms with Crippen molar-refractivity contribution in [1.29, 1.82) is 0 Å². The number of rotatable bonds is 7. The first-order valence-electron chi connectivity index (χ1n) is 8.81. The molecule has 1 aliphatic rings. The number of halogens is 1. The highest BCUT2D eigenvalue weighted by atomic mass is 127. The molecule has 1 fully saturated rings. The molecule has 4 nitrogen and oxygen atoms in total. The van der Waals surface area contributed by atoms with Gasteiger partial charge >= 0.3 is 0 Å². The highest BCUT2D eigenvalue weighted by Gasteiger charge is 2.21. The summed E-state index contributed by atoms with van der Waals surface area (Å²) >= 11 is 0. The van der Waals surface area contributed by atoms with E-state index >= 15 is 0 Å². The smallest absolute Gasteiger partial charge is 0.191 e. The van der Waals surface area contributed by atoms with Crippen molar-refractivity contribution < 1.29 is 0 Å². The number of hydrogen-bond acceptors (Lipinski definition) is 2. The zero-order chi connectivity index (χ0) is 15.7. The van der Waals surface area contributed by atoms with Crippen molar-refractivity contribution in [3.8, 4) is 0 Å². The number of aliphatic imine (C=N–C) groups is 1. The third-order valence-corrected chi connectivity index (χ3v) is 4.15. The SMILES string of the molecule is CCNC(=NCCCC(C)C)NC1CCN(C(C)C)CC1.I. The first-order chi connectivity index (χ1) is 10.0. The lowest BCUT2D eigenvalue weighted by molar-refractivity contribution is 0.167. The monoisotopic (exact) mass is 424 g/mol. The van der Waals surface area contributed by atoms with E-state index in [-0.39, 0.29) is 24.0 Å². The Hall–Kier alpha value is -0.0400. The summed E-state index contributed by atoms with van der Waals surface area (Å²) in [6, 6.07) is 1.24. The molecule has 22 heavy (non-hydrogen) atoms. The minimum atomic E-state index is 0. The predicted molar refractivity (Wildman–Crippen MR) is 108 cm³/mol. The molecule has 0 aromatic rings. The second-order valence-corrected chi connectivity index (χ2v) is 6.85. The Balaban J connectivity index is 0.00000441. The van der Waals surface area contributed by atoms with Gasteiger partial charge in [-0.25, -0.2) is 0 Å². The number of nitrogens with one attached hydrogen (secondary N) is 2. The summed E-state index contributed by atoms with van der Waals surface area (Å²) in [6.45, 7) is 15.5. The van der Waals surface area contributed by atoms with Crippen LogP contribution in [0.2, 0.25) is 0 Å². The fourth-order valence-corrected chi connectivity index (χ4v) is 2.76. The zero-order valence-electron chi connectivity index (χ0n) is 15.2. The summed E-state index contributed by atoms with van der Waals surface area (Å²) in [5, 5.41) is 6.99. The van der Waals surface area contributed by atoms with Crippen LogP contribution in [0.15, 0.2) is 4.99 Å². The standard InChI is InChI=1S/C17H36N4.HI/c1-6-18-17(19-11-7-8-14(2)3)20-16-9-12-21(13-10-16)15(4)5;/h14-16H,6-13H2,1-5H3,(H2,18,19,20);1H. The molecule has 0 bridgehead atoms. The predicted octanol–water partition coefficient (Wildman–Crippen LogP) is 3.47. The third-order valence-electron chi connectivity index (χ3n) is 4.15. The first-order valence-corrected chi connectivity index (χ1v) is 8.81. The van der Waals surface area contributed by atoms with E-state index in [1.165, 1.54) is 38.8 Å². The first kappa shape index (κ1) is 22.0. The summed E-state index contributed by atoms with van der Waals surface area (Å²) < 4.78 is 0. The fourth-order valence-electron chi connectivity index (χ4n) is 2.76. The zero-order valence-corrected chi connectivity index (χ0v) is 17.5. The van der Waals surface area contributed by atoms with Crippen LogP contribution in [0, 0.1) is 5.92 Å². The Morgan fingerprint density at radius 3 is 2.32 bits per heavy atom. The van der Waals surface area contributed by atoms with Crippen LogP contribution in [0.25, 0.3) is 0 Å². The Labute approximate surface area is 154 Å². The van der Waals surface area contributed by atoms with Gasteiger partial charge in [0.15, 0.2) is 5.96 Å². The molecule has 0 aliphatic carbocycles. The molecule has 0 atom stereocenters. The summed E-state index contributed by atoms with van der Waals surface area (Å²) in [5.74, 6) is 1.78. The van der Waals surface area contributed by atoms with Crippen LogP contribution >= 0.6 is 24.0 Å². The highest BCUT2D eigenvalue weighted by Crippen LogP contribution is 2.12. The Kier molecular flexibility index (Phi) is 12.4. The average molecular weight is 424 g/mol. The van der Waals surface area contributed by atoms with Crippen molar-refractivity contribution in [2.45, 2.75) is 72.4 Å². The summed E-state index contributed by atoms with van der Waals surface area (Å²) in [5.41, 5.74) is 0. The number of nitrogens with zero attached hydrogens (tertiary/aromatic N) is 2. The minimum absolute atomic E-state index is 0. The van der Waals surface area contributed by atoms with Crippen molar-refractivity contribution in [2.75, 3.05) is 26.2 Å². The molecule has 0 aromatic heterocycles. The third kappa shape index (κ3) is 9.18. The molecule has 132 valence electrons. The average Bonchev–Trinajstić information content (AvgIpc) is 2.44. The Morgan fingerprint density at radius 2 is 1.82 bits per heavy atom. The van der Waals surface area contributed by atoms with Gasteiger partial charge in [-0.3, -0.25) is 4.99 Å². The summed E-state index contributed by atoms with van der Waals surface area (Å²) in [7, 11) is 0. The van der Waals surface area contributed by atoms with E-state index in [2.05, 4.69) is 50.2 Å². The quantitative estimate of drug-likeness (QED) is 0.285. The molecular weight excluding hydrogens is 387 g/mol. The lowest BCUT2D eigenvalue weighted by Gasteiger charge is -2.35. The lowest BCUT2D eigenvalue weighted by Crippen LogP contribution is -2.49. The second-order valence-electron chi connectivity index (χ2n) is 6.85. The van der Waals surface area contributed by atoms with Gasteiger partial charge in [0.25, 0.3) is 0 Å². The minimum Gasteiger partial charge on any atom is -0.357 e. The van der Waals surface area contributed by atoms with E-state index in [0.29, 0.717) is 12.1 Å². The van der Waals surface area contributed by atoms with Crippen LogP contribution in [0.3, 0.4) is 0 Å². The molecule has 1 heterocycles. The molecule has 0 amide bonds. The fraction of sp³-hybridized carbons (Fsp3) is 0.941.